The lowest BCUT2D eigenvalue weighted by Crippen LogP contribution is -2.35. The predicted molar refractivity (Wildman–Crippen MR) is 87.0 cm³/mol. The zero-order chi connectivity index (χ0) is 15.0. The third-order valence-corrected chi connectivity index (χ3v) is 3.55. The maximum Gasteiger partial charge on any atom is 0.251 e. The number of nitrogens with one attached hydrogen (secondary N) is 1. The van der Waals surface area contributed by atoms with Crippen LogP contribution >= 0.6 is 0 Å². The average molecular weight is 273 g/mol. The Bertz CT molecular complexity index is 545. The topological polar surface area (TPSA) is 29.1 Å². The number of hydrogen-bond acceptors (Lipinski definition) is 1. The molecule has 1 unspecified atom stereocenters. The Morgan fingerprint density at radius 1 is 1.25 bits per heavy atom. The summed E-state index contributed by atoms with van der Waals surface area (Å²) in [5.74, 6) is 0.0405. The van der Waals surface area contributed by atoms with Gasteiger partial charge in [-0.2, -0.15) is 0 Å². The summed E-state index contributed by atoms with van der Waals surface area (Å²) < 4.78 is 0. The first-order chi connectivity index (χ1) is 9.65. The maximum atomic E-state index is 12.3. The average Bonchev–Trinajstić information content (AvgIpc) is 2.46. The molecule has 1 atom stereocenters. The summed E-state index contributed by atoms with van der Waals surface area (Å²) in [7, 11) is 0. The minimum atomic E-state index is 0.0405. The van der Waals surface area contributed by atoms with Gasteiger partial charge in [0.15, 0.2) is 0 Å². The molecule has 110 valence electrons. The van der Waals surface area contributed by atoms with E-state index in [1.54, 1.807) is 0 Å². The molecule has 1 aromatic carbocycles. The molecule has 0 bridgehead atoms. The van der Waals surface area contributed by atoms with Crippen LogP contribution in [0.2, 0.25) is 0 Å². The van der Waals surface area contributed by atoms with Crippen molar-refractivity contribution >= 4 is 18.1 Å². The first-order valence-electron chi connectivity index (χ1n) is 7.73. The van der Waals surface area contributed by atoms with E-state index in [1.165, 1.54) is 5.22 Å². The summed E-state index contributed by atoms with van der Waals surface area (Å²) in [4.78, 5) is 12.3. The zero-order valence-electron chi connectivity index (χ0n) is 13.2. The molecule has 1 aromatic rings. The Morgan fingerprint density at radius 3 is 2.55 bits per heavy atom. The molecule has 2 nitrogen and oxygen atoms in total. The highest BCUT2D eigenvalue weighted by molar-refractivity contribution is 5.94. The van der Waals surface area contributed by atoms with Crippen molar-refractivity contribution in [1.82, 2.24) is 5.32 Å². The zero-order valence-corrected chi connectivity index (χ0v) is 13.2. The Morgan fingerprint density at radius 2 is 2.00 bits per heavy atom. The summed E-state index contributed by atoms with van der Waals surface area (Å²) in [6.45, 7) is 8.40. The lowest BCUT2D eigenvalue weighted by molar-refractivity contribution is 0.0933. The molecule has 0 heterocycles. The lowest BCUT2D eigenvalue weighted by atomic mass is 10.1. The van der Waals surface area contributed by atoms with E-state index >= 15 is 0 Å². The van der Waals surface area contributed by atoms with Gasteiger partial charge < -0.3 is 5.32 Å². The van der Waals surface area contributed by atoms with Gasteiger partial charge >= 0.3 is 0 Å². The normalized spacial score (nSPS) is 14.4. The minimum Gasteiger partial charge on any atom is -0.349 e. The third-order valence-electron chi connectivity index (χ3n) is 3.55. The SMILES string of the molecule is C/C=c1/ccc(C(=O)NC(CC)CCC)c/c1=C/CC. The van der Waals surface area contributed by atoms with Crippen LogP contribution in [0, 0.1) is 0 Å². The molecule has 0 spiro atoms. The van der Waals surface area contributed by atoms with E-state index in [0.29, 0.717) is 0 Å². The fraction of sp³-hybridized carbons (Fsp3) is 0.500. The Labute approximate surface area is 122 Å². The highest BCUT2D eigenvalue weighted by atomic mass is 16.1. The molecule has 2 heteroatoms. The Balaban J connectivity index is 3.00. The fourth-order valence-electron chi connectivity index (χ4n) is 2.37. The number of hydrogen-bond donors (Lipinski definition) is 1. The second-order valence-corrected chi connectivity index (χ2v) is 5.11. The van der Waals surface area contributed by atoms with Crippen molar-refractivity contribution in [2.45, 2.75) is 59.4 Å². The monoisotopic (exact) mass is 273 g/mol. The highest BCUT2D eigenvalue weighted by Gasteiger charge is 2.11. The van der Waals surface area contributed by atoms with Gasteiger partial charge in [-0.3, -0.25) is 4.79 Å². The van der Waals surface area contributed by atoms with E-state index in [0.717, 1.165) is 36.5 Å². The standard InChI is InChI=1S/C18H27NO/c1-5-9-15-13-16(12-11-14(15)7-3)18(20)19-17(8-4)10-6-2/h7,9,11-13,17H,5-6,8,10H2,1-4H3,(H,19,20)/b14-7-,15-9-. The second-order valence-electron chi connectivity index (χ2n) is 5.11. The molecular formula is C18H27NO. The van der Waals surface area contributed by atoms with Crippen LogP contribution in [0.4, 0.5) is 0 Å². The number of rotatable bonds is 6. The van der Waals surface area contributed by atoms with Crippen molar-refractivity contribution in [3.05, 3.63) is 34.2 Å². The molecule has 1 rings (SSSR count). The molecule has 20 heavy (non-hydrogen) atoms. The van der Waals surface area contributed by atoms with Gasteiger partial charge in [0.1, 0.15) is 0 Å². The number of carbonyl (C=O) groups is 1. The van der Waals surface area contributed by atoms with Crippen LogP contribution in [-0.4, -0.2) is 11.9 Å². The Kier molecular flexibility index (Phi) is 7.06. The van der Waals surface area contributed by atoms with E-state index in [2.05, 4.69) is 38.2 Å². The predicted octanol–water partition coefficient (Wildman–Crippen LogP) is 2.99. The van der Waals surface area contributed by atoms with Crippen LogP contribution in [0.25, 0.3) is 12.2 Å². The molecule has 0 aromatic heterocycles. The van der Waals surface area contributed by atoms with Gasteiger partial charge in [-0.15, -0.1) is 0 Å². The van der Waals surface area contributed by atoms with Gasteiger partial charge in [0.2, 0.25) is 0 Å². The summed E-state index contributed by atoms with van der Waals surface area (Å²) >= 11 is 0. The highest BCUT2D eigenvalue weighted by Crippen LogP contribution is 2.03. The van der Waals surface area contributed by atoms with E-state index in [-0.39, 0.29) is 11.9 Å². The van der Waals surface area contributed by atoms with Crippen LogP contribution < -0.4 is 15.8 Å². The van der Waals surface area contributed by atoms with Gasteiger partial charge in [-0.05, 0) is 48.8 Å². The molecule has 0 aliphatic rings. The summed E-state index contributed by atoms with van der Waals surface area (Å²) in [6.07, 6.45) is 8.33. The summed E-state index contributed by atoms with van der Waals surface area (Å²) in [6, 6.07) is 6.21. The van der Waals surface area contributed by atoms with Crippen molar-refractivity contribution in [1.29, 1.82) is 0 Å². The van der Waals surface area contributed by atoms with Gasteiger partial charge in [-0.1, -0.05) is 45.4 Å². The quantitative estimate of drug-likeness (QED) is 0.848. The van der Waals surface area contributed by atoms with E-state index < -0.39 is 0 Å². The van der Waals surface area contributed by atoms with E-state index in [4.69, 9.17) is 0 Å². The molecule has 0 saturated heterocycles. The van der Waals surface area contributed by atoms with Crippen molar-refractivity contribution < 1.29 is 4.79 Å². The van der Waals surface area contributed by atoms with Crippen LogP contribution in [0.1, 0.15) is 63.7 Å². The molecule has 0 aliphatic heterocycles. The summed E-state index contributed by atoms with van der Waals surface area (Å²) in [5, 5.41) is 5.46. The molecule has 0 radical (unpaired) electrons. The van der Waals surface area contributed by atoms with E-state index in [9.17, 15) is 4.79 Å². The molecule has 1 amide bonds. The number of carbonyl (C=O) groups excluding carboxylic acids is 1. The first kappa shape index (κ1) is 16.5. The van der Waals surface area contributed by atoms with E-state index in [1.807, 2.05) is 25.1 Å². The van der Waals surface area contributed by atoms with Crippen molar-refractivity contribution in [3.63, 3.8) is 0 Å². The van der Waals surface area contributed by atoms with Crippen LogP contribution in [0.5, 0.6) is 0 Å². The third kappa shape index (κ3) is 4.52. The summed E-state index contributed by atoms with van der Waals surface area (Å²) in [5.41, 5.74) is 0.754. The Hall–Kier alpha value is -1.57. The van der Waals surface area contributed by atoms with Crippen LogP contribution in [0.15, 0.2) is 18.2 Å². The van der Waals surface area contributed by atoms with Crippen LogP contribution in [-0.2, 0) is 0 Å². The van der Waals surface area contributed by atoms with Gasteiger partial charge in [0.05, 0.1) is 0 Å². The van der Waals surface area contributed by atoms with Gasteiger partial charge in [0.25, 0.3) is 5.91 Å². The first-order valence-corrected chi connectivity index (χ1v) is 7.73. The van der Waals surface area contributed by atoms with Crippen molar-refractivity contribution in [2.75, 3.05) is 0 Å². The maximum absolute atomic E-state index is 12.3. The minimum absolute atomic E-state index is 0.0405. The molecule has 0 fully saturated rings. The van der Waals surface area contributed by atoms with Gasteiger partial charge in [-0.25, -0.2) is 0 Å². The number of benzene rings is 1. The molecular weight excluding hydrogens is 246 g/mol. The van der Waals surface area contributed by atoms with Crippen molar-refractivity contribution in [2.24, 2.45) is 0 Å². The van der Waals surface area contributed by atoms with Gasteiger partial charge in [0, 0.05) is 11.6 Å². The van der Waals surface area contributed by atoms with Crippen LogP contribution in [0.3, 0.4) is 0 Å². The fourth-order valence-corrected chi connectivity index (χ4v) is 2.37. The number of amides is 1. The molecule has 0 saturated carbocycles. The smallest absolute Gasteiger partial charge is 0.251 e. The molecule has 1 N–H and O–H groups in total. The van der Waals surface area contributed by atoms with Crippen molar-refractivity contribution in [3.8, 4) is 0 Å². The lowest BCUT2D eigenvalue weighted by Gasteiger charge is -2.16. The second kappa shape index (κ2) is 8.57. The molecule has 0 aliphatic carbocycles. The largest absolute Gasteiger partial charge is 0.349 e.